The Balaban J connectivity index is 1.20. The Kier molecular flexibility index (Phi) is 6.47. The van der Waals surface area contributed by atoms with Crippen molar-refractivity contribution >= 4 is 70.9 Å². The Morgan fingerprint density at radius 1 is 0.511 bits per heavy atom. The molecule has 222 valence electrons. The van der Waals surface area contributed by atoms with Crippen molar-refractivity contribution in [2.24, 2.45) is 0 Å². The second kappa shape index (κ2) is 11.1. The molecule has 0 aliphatic carbocycles. The van der Waals surface area contributed by atoms with Crippen molar-refractivity contribution in [2.45, 2.75) is 0 Å². The molecule has 7 aromatic carbocycles. The van der Waals surface area contributed by atoms with E-state index in [1.807, 2.05) is 41.7 Å². The lowest BCUT2D eigenvalue weighted by Gasteiger charge is -2.14. The van der Waals surface area contributed by atoms with Crippen LogP contribution in [0.2, 0.25) is 0 Å². The van der Waals surface area contributed by atoms with E-state index < -0.39 is 0 Å². The highest BCUT2D eigenvalue weighted by Gasteiger charge is 2.18. The van der Waals surface area contributed by atoms with E-state index in [0.717, 1.165) is 39.0 Å². The van der Waals surface area contributed by atoms with Crippen molar-refractivity contribution < 1.29 is 0 Å². The zero-order valence-corrected chi connectivity index (χ0v) is 26.3. The number of nitrogens with zero attached hydrogens (tertiary/aromatic N) is 1. The van der Waals surface area contributed by atoms with Gasteiger partial charge in [-0.25, -0.2) is 0 Å². The van der Waals surface area contributed by atoms with Gasteiger partial charge in [0.15, 0.2) is 0 Å². The highest BCUT2D eigenvalue weighted by Crippen LogP contribution is 2.44. The monoisotopic (exact) mass is 619 g/mol. The molecule has 0 atom stereocenters. The predicted octanol–water partition coefficient (Wildman–Crippen LogP) is 12.2. The summed E-state index contributed by atoms with van der Waals surface area (Å²) in [6, 6.07) is 55.8. The molecule has 0 radical (unpaired) electrons. The number of rotatable bonds is 6. The molecule has 0 unspecified atom stereocenters. The summed E-state index contributed by atoms with van der Waals surface area (Å²) < 4.78 is 4.93. The van der Waals surface area contributed by atoms with Crippen LogP contribution in [-0.4, -0.2) is 10.8 Å². The molecule has 2 heterocycles. The maximum absolute atomic E-state index is 8.53. The molecule has 0 amide bonds. The standard InChI is InChI=1S/C43H29N3S/c44-27-38-39(45-30-13-5-2-6-14-30)26-25-35-34-15-7-8-20-40(34)46(41(35)38)31-23-21-29(22-24-31)33-17-10-19-37-36-18-9-16-32(42(36)47-43(33)37)28-11-3-1-4-12-28/h1-27,44-45H. The molecule has 0 aliphatic rings. The van der Waals surface area contributed by atoms with Gasteiger partial charge in [-0.15, -0.1) is 11.3 Å². The van der Waals surface area contributed by atoms with E-state index in [1.54, 1.807) is 0 Å². The largest absolute Gasteiger partial charge is 0.355 e. The Hall–Kier alpha value is -5.97. The van der Waals surface area contributed by atoms with E-state index in [2.05, 4.69) is 137 Å². The van der Waals surface area contributed by atoms with Crippen molar-refractivity contribution in [1.82, 2.24) is 4.57 Å². The summed E-state index contributed by atoms with van der Waals surface area (Å²) in [5.74, 6) is 0. The number of anilines is 2. The van der Waals surface area contributed by atoms with Gasteiger partial charge in [0.1, 0.15) is 0 Å². The number of hydrogen-bond donors (Lipinski definition) is 2. The first kappa shape index (κ1) is 27.3. The molecule has 4 heteroatoms. The highest BCUT2D eigenvalue weighted by atomic mass is 32.1. The van der Waals surface area contributed by atoms with Gasteiger partial charge in [-0.05, 0) is 58.7 Å². The van der Waals surface area contributed by atoms with E-state index in [-0.39, 0.29) is 0 Å². The van der Waals surface area contributed by atoms with Crippen molar-refractivity contribution in [3.05, 3.63) is 163 Å². The molecular weight excluding hydrogens is 591 g/mol. The lowest BCUT2D eigenvalue weighted by Crippen LogP contribution is -2.00. The van der Waals surface area contributed by atoms with Crippen molar-refractivity contribution in [3.8, 4) is 27.9 Å². The Bertz CT molecular complexity index is 2600. The zero-order chi connectivity index (χ0) is 31.3. The second-order valence-electron chi connectivity index (χ2n) is 11.8. The Morgan fingerprint density at radius 2 is 1.11 bits per heavy atom. The zero-order valence-electron chi connectivity index (χ0n) is 25.4. The third-order valence-electron chi connectivity index (χ3n) is 9.12. The minimum absolute atomic E-state index is 0.857. The number of aromatic nitrogens is 1. The first-order valence-corrected chi connectivity index (χ1v) is 16.6. The molecule has 3 nitrogen and oxygen atoms in total. The van der Waals surface area contributed by atoms with Gasteiger partial charge >= 0.3 is 0 Å². The van der Waals surface area contributed by atoms with Crippen LogP contribution in [-0.2, 0) is 0 Å². The number of fused-ring (bicyclic) bond motifs is 6. The lowest BCUT2D eigenvalue weighted by atomic mass is 10.00. The smallest absolute Gasteiger partial charge is 0.0649 e. The molecule has 9 rings (SSSR count). The van der Waals surface area contributed by atoms with E-state index >= 15 is 0 Å². The highest BCUT2D eigenvalue weighted by molar-refractivity contribution is 7.26. The molecule has 9 aromatic rings. The fourth-order valence-corrected chi connectivity index (χ4v) is 8.34. The van der Waals surface area contributed by atoms with Gasteiger partial charge in [0, 0.05) is 59.8 Å². The predicted molar refractivity (Wildman–Crippen MR) is 202 cm³/mol. The van der Waals surface area contributed by atoms with Gasteiger partial charge in [0.05, 0.1) is 11.0 Å². The molecule has 0 saturated carbocycles. The number of thiophene rings is 1. The molecule has 0 saturated heterocycles. The lowest BCUT2D eigenvalue weighted by molar-refractivity contribution is 1.18. The van der Waals surface area contributed by atoms with Crippen LogP contribution >= 0.6 is 11.3 Å². The fourth-order valence-electron chi connectivity index (χ4n) is 6.97. The van der Waals surface area contributed by atoms with Gasteiger partial charge in [-0.3, -0.25) is 0 Å². The molecule has 0 bridgehead atoms. The van der Waals surface area contributed by atoms with Crippen molar-refractivity contribution in [1.29, 1.82) is 5.41 Å². The third-order valence-corrected chi connectivity index (χ3v) is 10.4. The summed E-state index contributed by atoms with van der Waals surface area (Å²) in [7, 11) is 0. The SMILES string of the molecule is N=Cc1c(Nc2ccccc2)ccc2c3ccccc3n(-c3ccc(-c4cccc5c4sc4c(-c6ccccc6)cccc45)cc3)c12. The van der Waals surface area contributed by atoms with Gasteiger partial charge in [0.25, 0.3) is 0 Å². The minimum Gasteiger partial charge on any atom is -0.355 e. The van der Waals surface area contributed by atoms with Crippen molar-refractivity contribution in [3.63, 3.8) is 0 Å². The molecule has 0 fully saturated rings. The normalized spacial score (nSPS) is 11.5. The Morgan fingerprint density at radius 3 is 1.79 bits per heavy atom. The minimum atomic E-state index is 0.857. The van der Waals surface area contributed by atoms with Crippen LogP contribution < -0.4 is 5.32 Å². The average molecular weight is 620 g/mol. The van der Waals surface area contributed by atoms with E-state index in [4.69, 9.17) is 5.41 Å². The van der Waals surface area contributed by atoms with Crippen LogP contribution in [0.5, 0.6) is 0 Å². The summed E-state index contributed by atoms with van der Waals surface area (Å²) in [6.45, 7) is 0. The third kappa shape index (κ3) is 4.45. The van der Waals surface area contributed by atoms with Crippen LogP contribution in [0.3, 0.4) is 0 Å². The summed E-state index contributed by atoms with van der Waals surface area (Å²) in [5, 5.41) is 17.0. The van der Waals surface area contributed by atoms with Crippen LogP contribution in [0.1, 0.15) is 5.56 Å². The van der Waals surface area contributed by atoms with Crippen LogP contribution in [0.25, 0.3) is 69.9 Å². The number of nitrogens with one attached hydrogen (secondary N) is 2. The number of para-hydroxylation sites is 2. The number of hydrogen-bond acceptors (Lipinski definition) is 3. The van der Waals surface area contributed by atoms with Crippen LogP contribution in [0.15, 0.2) is 158 Å². The molecule has 2 aromatic heterocycles. The van der Waals surface area contributed by atoms with Gasteiger partial charge in [-0.1, -0.05) is 121 Å². The van der Waals surface area contributed by atoms with Gasteiger partial charge in [-0.2, -0.15) is 0 Å². The van der Waals surface area contributed by atoms with Gasteiger partial charge in [0.2, 0.25) is 0 Å². The van der Waals surface area contributed by atoms with Crippen LogP contribution in [0.4, 0.5) is 11.4 Å². The second-order valence-corrected chi connectivity index (χ2v) is 12.8. The quantitative estimate of drug-likeness (QED) is 0.179. The summed E-state index contributed by atoms with van der Waals surface area (Å²) in [5.41, 5.74) is 10.9. The fraction of sp³-hybridized carbons (Fsp3) is 0. The van der Waals surface area contributed by atoms with Crippen molar-refractivity contribution in [2.75, 3.05) is 5.32 Å². The van der Waals surface area contributed by atoms with E-state index in [1.165, 1.54) is 54.0 Å². The molecule has 0 aliphatic heterocycles. The summed E-state index contributed by atoms with van der Waals surface area (Å²) >= 11 is 1.88. The maximum Gasteiger partial charge on any atom is 0.0649 e. The summed E-state index contributed by atoms with van der Waals surface area (Å²) in [6.07, 6.45) is 1.48. The maximum atomic E-state index is 8.53. The topological polar surface area (TPSA) is 40.8 Å². The first-order valence-electron chi connectivity index (χ1n) is 15.8. The molecular formula is C43H29N3S. The number of benzene rings is 7. The van der Waals surface area contributed by atoms with Crippen LogP contribution in [0, 0.1) is 5.41 Å². The van der Waals surface area contributed by atoms with Gasteiger partial charge < -0.3 is 15.3 Å². The first-order chi connectivity index (χ1) is 23.3. The molecule has 0 spiro atoms. The molecule has 2 N–H and O–H groups in total. The average Bonchev–Trinajstić information content (AvgIpc) is 3.69. The van der Waals surface area contributed by atoms with E-state index in [0.29, 0.717) is 0 Å². The Labute approximate surface area is 276 Å². The summed E-state index contributed by atoms with van der Waals surface area (Å²) in [4.78, 5) is 0. The van der Waals surface area contributed by atoms with E-state index in [9.17, 15) is 0 Å². The molecule has 47 heavy (non-hydrogen) atoms.